The van der Waals surface area contributed by atoms with Gasteiger partial charge in [-0.3, -0.25) is 0 Å². The van der Waals surface area contributed by atoms with Gasteiger partial charge < -0.3 is 4.74 Å². The number of ether oxygens (including phenoxy) is 1. The molecule has 2 heterocycles. The van der Waals surface area contributed by atoms with Crippen LogP contribution in [-0.4, -0.2) is 5.60 Å². The number of hydrogen-bond donors (Lipinski definition) is 0. The molecule has 1 aromatic heterocycles. The van der Waals surface area contributed by atoms with E-state index in [0.29, 0.717) is 0 Å². The van der Waals surface area contributed by atoms with Crippen LogP contribution >= 0.6 is 11.3 Å². The summed E-state index contributed by atoms with van der Waals surface area (Å²) < 4.78 is 8.73. The molecule has 4 rings (SSSR count). The lowest BCUT2D eigenvalue weighted by Gasteiger charge is -2.28. The summed E-state index contributed by atoms with van der Waals surface area (Å²) in [7, 11) is 0. The van der Waals surface area contributed by atoms with Gasteiger partial charge in [0.05, 0.1) is 0 Å². The van der Waals surface area contributed by atoms with Gasteiger partial charge in [0.1, 0.15) is 11.4 Å². The Labute approximate surface area is 116 Å². The first-order chi connectivity index (χ1) is 9.14. The first-order valence-corrected chi connectivity index (χ1v) is 7.28. The Morgan fingerprint density at radius 3 is 2.74 bits per heavy atom. The van der Waals surface area contributed by atoms with E-state index in [1.54, 1.807) is 0 Å². The lowest BCUT2D eigenvalue weighted by Crippen LogP contribution is -2.27. The van der Waals surface area contributed by atoms with E-state index in [1.807, 2.05) is 11.3 Å². The van der Waals surface area contributed by atoms with Crippen molar-refractivity contribution in [3.05, 3.63) is 48.0 Å². The number of benzene rings is 2. The molecule has 0 amide bonds. The minimum absolute atomic E-state index is 0.216. The Balaban J connectivity index is 2.13. The second kappa shape index (κ2) is 3.61. The SMILES string of the molecule is CC1(C)C=Cc2c(ccc3sc4ccccc4c23)O1. The van der Waals surface area contributed by atoms with Crippen molar-refractivity contribution in [2.75, 3.05) is 0 Å². The van der Waals surface area contributed by atoms with E-state index in [4.69, 9.17) is 4.74 Å². The molecule has 0 atom stereocenters. The van der Waals surface area contributed by atoms with Crippen molar-refractivity contribution >= 4 is 37.6 Å². The fourth-order valence-corrected chi connectivity index (χ4v) is 3.80. The molecule has 2 heteroatoms. The van der Waals surface area contributed by atoms with Gasteiger partial charge in [0.25, 0.3) is 0 Å². The van der Waals surface area contributed by atoms with Gasteiger partial charge in [-0.15, -0.1) is 11.3 Å². The highest BCUT2D eigenvalue weighted by atomic mass is 32.1. The fraction of sp³-hybridized carbons (Fsp3) is 0.176. The highest BCUT2D eigenvalue weighted by Gasteiger charge is 2.23. The Kier molecular flexibility index (Phi) is 2.10. The molecule has 94 valence electrons. The van der Waals surface area contributed by atoms with E-state index in [1.165, 1.54) is 25.7 Å². The van der Waals surface area contributed by atoms with Crippen LogP contribution in [-0.2, 0) is 0 Å². The zero-order chi connectivity index (χ0) is 13.0. The molecule has 2 aromatic carbocycles. The van der Waals surface area contributed by atoms with Crippen LogP contribution in [0.1, 0.15) is 19.4 Å². The molecule has 0 saturated heterocycles. The second-order valence-electron chi connectivity index (χ2n) is 5.49. The summed E-state index contributed by atoms with van der Waals surface area (Å²) in [6.07, 6.45) is 4.35. The van der Waals surface area contributed by atoms with Crippen LogP contribution < -0.4 is 4.74 Å². The minimum atomic E-state index is -0.216. The van der Waals surface area contributed by atoms with Gasteiger partial charge in [-0.2, -0.15) is 0 Å². The predicted octanol–water partition coefficient (Wildman–Crippen LogP) is 5.24. The van der Waals surface area contributed by atoms with Gasteiger partial charge in [0.15, 0.2) is 0 Å². The van der Waals surface area contributed by atoms with Crippen molar-refractivity contribution in [1.82, 2.24) is 0 Å². The third-order valence-corrected chi connectivity index (χ3v) is 4.70. The van der Waals surface area contributed by atoms with E-state index in [9.17, 15) is 0 Å². The van der Waals surface area contributed by atoms with E-state index < -0.39 is 0 Å². The third-order valence-electron chi connectivity index (χ3n) is 3.57. The molecule has 3 aromatic rings. The van der Waals surface area contributed by atoms with Crippen molar-refractivity contribution in [3.8, 4) is 5.75 Å². The Morgan fingerprint density at radius 1 is 1.00 bits per heavy atom. The summed E-state index contributed by atoms with van der Waals surface area (Å²) in [5.74, 6) is 0.989. The van der Waals surface area contributed by atoms with Crippen LogP contribution in [0.3, 0.4) is 0 Å². The van der Waals surface area contributed by atoms with E-state index in [0.717, 1.165) is 5.75 Å². The summed E-state index contributed by atoms with van der Waals surface area (Å²) in [5, 5.41) is 2.65. The molecular weight excluding hydrogens is 252 g/mol. The van der Waals surface area contributed by atoms with Crippen LogP contribution in [0.5, 0.6) is 5.75 Å². The standard InChI is InChI=1S/C17H14OS/c1-17(2)10-9-11-13(18-17)7-8-15-16(11)12-5-3-4-6-14(12)19-15/h3-10H,1-2H3. The molecule has 0 unspecified atom stereocenters. The minimum Gasteiger partial charge on any atom is -0.483 e. The maximum Gasteiger partial charge on any atom is 0.128 e. The van der Waals surface area contributed by atoms with Crippen LogP contribution in [0.4, 0.5) is 0 Å². The Morgan fingerprint density at radius 2 is 1.84 bits per heavy atom. The molecule has 1 aliphatic heterocycles. The van der Waals surface area contributed by atoms with E-state index >= 15 is 0 Å². The van der Waals surface area contributed by atoms with Gasteiger partial charge in [0, 0.05) is 25.7 Å². The van der Waals surface area contributed by atoms with Crippen molar-refractivity contribution in [2.45, 2.75) is 19.4 Å². The zero-order valence-corrected chi connectivity index (χ0v) is 11.8. The topological polar surface area (TPSA) is 9.23 Å². The van der Waals surface area contributed by atoms with Gasteiger partial charge in [-0.25, -0.2) is 0 Å². The van der Waals surface area contributed by atoms with Gasteiger partial charge in [-0.1, -0.05) is 24.3 Å². The maximum absolute atomic E-state index is 6.06. The van der Waals surface area contributed by atoms with Crippen LogP contribution in [0.15, 0.2) is 42.5 Å². The van der Waals surface area contributed by atoms with Crippen molar-refractivity contribution < 1.29 is 4.74 Å². The smallest absolute Gasteiger partial charge is 0.128 e. The summed E-state index contributed by atoms with van der Waals surface area (Å²) in [6.45, 7) is 4.17. The van der Waals surface area contributed by atoms with E-state index in [-0.39, 0.29) is 5.60 Å². The molecule has 0 saturated carbocycles. The first kappa shape index (κ1) is 11.1. The van der Waals surface area contributed by atoms with Gasteiger partial charge in [-0.05, 0) is 38.1 Å². The lowest BCUT2D eigenvalue weighted by atomic mass is 9.98. The fourth-order valence-electron chi connectivity index (χ4n) is 2.68. The second-order valence-corrected chi connectivity index (χ2v) is 6.57. The van der Waals surface area contributed by atoms with Crippen molar-refractivity contribution in [1.29, 1.82) is 0 Å². The molecule has 1 aliphatic rings. The quantitative estimate of drug-likeness (QED) is 0.540. The molecule has 0 N–H and O–H groups in total. The maximum atomic E-state index is 6.06. The van der Waals surface area contributed by atoms with Crippen LogP contribution in [0.2, 0.25) is 0 Å². The largest absolute Gasteiger partial charge is 0.483 e. The number of hydrogen-bond acceptors (Lipinski definition) is 2. The van der Waals surface area contributed by atoms with Crippen LogP contribution in [0, 0.1) is 0 Å². The normalized spacial score (nSPS) is 16.5. The molecule has 0 fully saturated rings. The summed E-state index contributed by atoms with van der Waals surface area (Å²) in [6, 6.07) is 12.9. The summed E-state index contributed by atoms with van der Waals surface area (Å²) >= 11 is 1.84. The Hall–Kier alpha value is -1.80. The molecule has 0 bridgehead atoms. The van der Waals surface area contributed by atoms with E-state index in [2.05, 4.69) is 62.4 Å². The number of rotatable bonds is 0. The highest BCUT2D eigenvalue weighted by Crippen LogP contribution is 2.42. The van der Waals surface area contributed by atoms with Gasteiger partial charge >= 0.3 is 0 Å². The monoisotopic (exact) mass is 266 g/mol. The Bertz CT molecular complexity index is 824. The molecule has 0 aliphatic carbocycles. The third kappa shape index (κ3) is 1.60. The predicted molar refractivity (Wildman–Crippen MR) is 83.1 cm³/mol. The molecule has 0 radical (unpaired) electrons. The van der Waals surface area contributed by atoms with Crippen molar-refractivity contribution in [2.24, 2.45) is 0 Å². The first-order valence-electron chi connectivity index (χ1n) is 6.47. The highest BCUT2D eigenvalue weighted by molar-refractivity contribution is 7.25. The lowest BCUT2D eigenvalue weighted by molar-refractivity contribution is 0.159. The summed E-state index contributed by atoms with van der Waals surface area (Å²) in [4.78, 5) is 0. The average molecular weight is 266 g/mol. The number of fused-ring (bicyclic) bond motifs is 5. The molecule has 1 nitrogen and oxygen atoms in total. The summed E-state index contributed by atoms with van der Waals surface area (Å²) in [5.41, 5.74) is 1.00. The zero-order valence-electron chi connectivity index (χ0n) is 10.9. The molecule has 0 spiro atoms. The molecular formula is C17H14OS. The average Bonchev–Trinajstić information content (AvgIpc) is 2.76. The molecule has 19 heavy (non-hydrogen) atoms. The number of thiophene rings is 1. The van der Waals surface area contributed by atoms with Crippen LogP contribution in [0.25, 0.3) is 26.2 Å². The van der Waals surface area contributed by atoms with Crippen molar-refractivity contribution in [3.63, 3.8) is 0 Å². The van der Waals surface area contributed by atoms with Gasteiger partial charge in [0.2, 0.25) is 0 Å².